The van der Waals surface area contributed by atoms with Crippen molar-refractivity contribution in [3.63, 3.8) is 0 Å². The Hall–Kier alpha value is -6.35. The monoisotopic (exact) mass is 1900 g/mol. The van der Waals surface area contributed by atoms with Gasteiger partial charge in [-0.15, -0.1) is 0 Å². The van der Waals surface area contributed by atoms with Crippen LogP contribution in [0.25, 0.3) is 11.1 Å². The van der Waals surface area contributed by atoms with E-state index in [9.17, 15) is 24.0 Å². The van der Waals surface area contributed by atoms with Crippen molar-refractivity contribution >= 4 is 58.7 Å². The number of fused-ring (bicyclic) bond motifs is 3. The molecule has 35 nitrogen and oxygen atoms in total. The van der Waals surface area contributed by atoms with E-state index >= 15 is 0 Å². The van der Waals surface area contributed by atoms with Crippen molar-refractivity contribution in [2.24, 2.45) is 5.41 Å². The zero-order valence-electron chi connectivity index (χ0n) is 77.2. The standard InChI is InChI=1S/C94H146Cl2N4O31/c1-93(2,3)131-90(103)86(75-77-17-19-78(20-18-77)99-89(102)88-84(95)15-10-16-85(88)96)100-91(104)94(22-8-9-23-94)24-25-97-87(101)21-27-106-29-31-108-33-35-110-37-39-112-41-43-114-45-47-116-49-51-118-53-55-120-57-59-122-61-63-124-65-67-126-69-71-128-73-74-129-72-70-127-68-66-125-64-62-123-60-58-121-56-54-119-52-50-117-48-46-115-44-42-113-40-38-111-36-34-109-32-30-107-28-26-98-92(105)130-76-83-81-13-6-4-11-79(81)80-12-5-7-14-82(80)83/h4-7,10-20,83,86H,8-9,21-76H2,1-3H3,(H,97,101)(H,98,105)(H,99,102)(H,100,104). The number of alkyl carbamates (subject to hydrolysis) is 1. The van der Waals surface area contributed by atoms with E-state index in [2.05, 4.69) is 45.5 Å². The third-order valence-electron chi connectivity index (χ3n) is 19.7. The smallest absolute Gasteiger partial charge is 0.407 e. The maximum atomic E-state index is 14.1. The molecule has 6 rings (SSSR count). The predicted molar refractivity (Wildman–Crippen MR) is 488 cm³/mol. The number of amides is 4. The Bertz CT molecular complexity index is 3490. The fraction of sp³-hybridized carbons (Fsp3) is 0.691. The van der Waals surface area contributed by atoms with Gasteiger partial charge >= 0.3 is 12.1 Å². The first-order valence-electron chi connectivity index (χ1n) is 45.8. The second-order valence-corrected chi connectivity index (χ2v) is 31.6. The van der Waals surface area contributed by atoms with Gasteiger partial charge in [-0.3, -0.25) is 14.4 Å². The molecule has 4 aromatic carbocycles. The Labute approximate surface area is 783 Å². The number of carbonyl (C=O) groups is 5. The molecule has 1 unspecified atom stereocenters. The quantitative estimate of drug-likeness (QED) is 0.0236. The average molecular weight is 1900 g/mol. The molecule has 0 heterocycles. The number of anilines is 1. The number of nitrogens with one attached hydrogen (secondary N) is 4. The normalized spacial score (nSPS) is 13.2. The van der Waals surface area contributed by atoms with Crippen LogP contribution in [-0.4, -0.2) is 378 Å². The molecule has 0 aromatic heterocycles. The number of halogens is 2. The topological polar surface area (TPSA) is 373 Å². The first kappa shape index (κ1) is 113. The minimum absolute atomic E-state index is 0.0218. The molecule has 37 heteroatoms. The second kappa shape index (κ2) is 75.8. The van der Waals surface area contributed by atoms with E-state index in [0.717, 1.165) is 18.4 Å². The summed E-state index contributed by atoms with van der Waals surface area (Å²) in [6.07, 6.45) is 3.20. The van der Waals surface area contributed by atoms with Gasteiger partial charge in [-0.05, 0) is 92.1 Å². The van der Waals surface area contributed by atoms with E-state index in [1.165, 1.54) is 22.3 Å². The van der Waals surface area contributed by atoms with Gasteiger partial charge in [0.05, 0.1) is 338 Å². The number of rotatable bonds is 87. The minimum Gasteiger partial charge on any atom is -0.458 e. The summed E-state index contributed by atoms with van der Waals surface area (Å²) in [4.78, 5) is 65.7. The van der Waals surface area contributed by atoms with Gasteiger partial charge in [-0.2, -0.15) is 0 Å². The highest BCUT2D eigenvalue weighted by Gasteiger charge is 2.43. The molecular weight excluding hydrogens is 1750 g/mol. The lowest BCUT2D eigenvalue weighted by molar-refractivity contribution is -0.159. The van der Waals surface area contributed by atoms with E-state index in [1.54, 1.807) is 63.2 Å². The predicted octanol–water partition coefficient (Wildman–Crippen LogP) is 9.01. The summed E-state index contributed by atoms with van der Waals surface area (Å²) in [6.45, 7) is 27.4. The van der Waals surface area contributed by atoms with E-state index in [0.29, 0.717) is 342 Å². The van der Waals surface area contributed by atoms with Gasteiger partial charge in [-0.1, -0.05) is 103 Å². The highest BCUT2D eigenvalue weighted by Crippen LogP contribution is 2.45. The minimum atomic E-state index is -0.983. The lowest BCUT2D eigenvalue weighted by Gasteiger charge is -2.31. The van der Waals surface area contributed by atoms with Crippen LogP contribution >= 0.6 is 23.2 Å². The fourth-order valence-electron chi connectivity index (χ4n) is 13.1. The van der Waals surface area contributed by atoms with E-state index in [-0.39, 0.29) is 65.9 Å². The first-order valence-corrected chi connectivity index (χ1v) is 46.6. The van der Waals surface area contributed by atoms with Crippen molar-refractivity contribution in [1.82, 2.24) is 16.0 Å². The van der Waals surface area contributed by atoms with Gasteiger partial charge in [0.1, 0.15) is 18.2 Å². The third-order valence-corrected chi connectivity index (χ3v) is 20.3. The molecule has 131 heavy (non-hydrogen) atoms. The van der Waals surface area contributed by atoms with Crippen molar-refractivity contribution in [2.75, 3.05) is 342 Å². The number of benzene rings is 4. The van der Waals surface area contributed by atoms with Crippen LogP contribution in [0.3, 0.4) is 0 Å². The largest absolute Gasteiger partial charge is 0.458 e. The number of esters is 1. The molecule has 0 bridgehead atoms. The molecule has 0 aliphatic heterocycles. The number of hydrogen-bond donors (Lipinski definition) is 4. The molecule has 1 fully saturated rings. The summed E-state index contributed by atoms with van der Waals surface area (Å²) in [5.74, 6) is -1.45. The maximum Gasteiger partial charge on any atom is 0.407 e. The Morgan fingerprint density at radius 1 is 0.366 bits per heavy atom. The van der Waals surface area contributed by atoms with Crippen molar-refractivity contribution in [3.05, 3.63) is 123 Å². The van der Waals surface area contributed by atoms with Gasteiger partial charge in [0.2, 0.25) is 11.8 Å². The summed E-state index contributed by atoms with van der Waals surface area (Å²) in [7, 11) is 0. The van der Waals surface area contributed by atoms with Gasteiger partial charge in [0, 0.05) is 37.5 Å². The van der Waals surface area contributed by atoms with Crippen molar-refractivity contribution in [2.45, 2.75) is 83.3 Å². The Morgan fingerprint density at radius 3 is 0.992 bits per heavy atom. The molecular formula is C94H146Cl2N4O31. The van der Waals surface area contributed by atoms with Gasteiger partial charge < -0.3 is 144 Å². The Morgan fingerprint density at radius 2 is 0.672 bits per heavy atom. The number of carbonyl (C=O) groups excluding carboxylic acids is 5. The molecule has 1 saturated carbocycles. The lowest BCUT2D eigenvalue weighted by atomic mass is 9.81. The molecule has 742 valence electrons. The maximum absolute atomic E-state index is 14.1. The van der Waals surface area contributed by atoms with Gasteiger partial charge in [-0.25, -0.2) is 9.59 Å². The van der Waals surface area contributed by atoms with Crippen LogP contribution in [0.1, 0.15) is 92.3 Å². The van der Waals surface area contributed by atoms with Crippen molar-refractivity contribution in [1.29, 1.82) is 0 Å². The number of ether oxygens (including phenoxy) is 26. The van der Waals surface area contributed by atoms with Crippen molar-refractivity contribution in [3.8, 4) is 11.1 Å². The molecule has 0 spiro atoms. The summed E-state index contributed by atoms with van der Waals surface area (Å²) < 4.78 is 145. The zero-order valence-corrected chi connectivity index (χ0v) is 78.8. The molecule has 0 saturated heterocycles. The molecule has 2 aliphatic carbocycles. The van der Waals surface area contributed by atoms with Crippen molar-refractivity contribution < 1.29 is 147 Å². The van der Waals surface area contributed by atoms with Crippen LogP contribution in [0.15, 0.2) is 91.0 Å². The third kappa shape index (κ3) is 55.5. The van der Waals surface area contributed by atoms with Crippen LogP contribution in [0.2, 0.25) is 10.0 Å². The SMILES string of the molecule is CC(C)(C)OC(=O)C(Cc1ccc(NC(=O)c2c(Cl)cccc2Cl)cc1)NC(=O)C1(CCNC(=O)CCOCCOCCOCCOCCOCCOCCOCCOCCOCCOCCOCCOCCOCCOCCOCCOCCOCCOCCOCCOCCOCCOCCOCCOCCNC(=O)OCC2c3ccccc3-c3ccccc32)CCCC1. The number of hydrogen-bond acceptors (Lipinski definition) is 31. The van der Waals surface area contributed by atoms with E-state index < -0.39 is 35.0 Å². The second-order valence-electron chi connectivity index (χ2n) is 30.8. The lowest BCUT2D eigenvalue weighted by Crippen LogP contribution is -2.51. The molecule has 4 N–H and O–H groups in total. The molecule has 1 atom stereocenters. The Balaban J connectivity index is 0.546. The van der Waals surface area contributed by atoms with Gasteiger partial charge in [0.25, 0.3) is 5.91 Å². The molecule has 4 aromatic rings. The summed E-state index contributed by atoms with van der Waals surface area (Å²) in [5, 5.41) is 11.9. The van der Waals surface area contributed by atoms with E-state index in [4.69, 9.17) is 146 Å². The molecule has 4 amide bonds. The highest BCUT2D eigenvalue weighted by molar-refractivity contribution is 6.40. The Kier molecular flexibility index (Phi) is 65.6. The summed E-state index contributed by atoms with van der Waals surface area (Å²) in [6, 6.07) is 27.3. The first-order chi connectivity index (χ1) is 64.2. The van der Waals surface area contributed by atoms with Crippen LogP contribution in [0, 0.1) is 5.41 Å². The van der Waals surface area contributed by atoms with Crippen LogP contribution in [-0.2, 0) is 144 Å². The molecule has 0 radical (unpaired) electrons. The van der Waals surface area contributed by atoms with Crippen LogP contribution in [0.4, 0.5) is 10.5 Å². The summed E-state index contributed by atoms with van der Waals surface area (Å²) in [5.41, 5.74) is 4.57. The fourth-order valence-corrected chi connectivity index (χ4v) is 13.7. The zero-order chi connectivity index (χ0) is 93.1. The summed E-state index contributed by atoms with van der Waals surface area (Å²) >= 11 is 12.5. The van der Waals surface area contributed by atoms with Gasteiger partial charge in [0.15, 0.2) is 0 Å². The van der Waals surface area contributed by atoms with E-state index in [1.807, 2.05) is 24.3 Å². The van der Waals surface area contributed by atoms with Crippen LogP contribution in [0.5, 0.6) is 0 Å². The average Bonchev–Trinajstić information content (AvgIpc) is 1.62. The van der Waals surface area contributed by atoms with Crippen LogP contribution < -0.4 is 21.3 Å². The highest BCUT2D eigenvalue weighted by atomic mass is 35.5. The molecule has 2 aliphatic rings.